The van der Waals surface area contributed by atoms with E-state index in [2.05, 4.69) is 36.3 Å². The van der Waals surface area contributed by atoms with Crippen molar-refractivity contribution in [3.05, 3.63) is 0 Å². The SMILES string of the molecule is CCNC(=NCC(C(CC)CC)N1CCOCC1)NCCCN(C)S(=O)(=O)CC. The lowest BCUT2D eigenvalue weighted by Crippen LogP contribution is -2.49. The Balaban J connectivity index is 2.64. The topological polar surface area (TPSA) is 86.3 Å². The van der Waals surface area contributed by atoms with E-state index >= 15 is 0 Å². The molecule has 0 aliphatic carbocycles. The molecule has 0 aromatic carbocycles. The van der Waals surface area contributed by atoms with E-state index < -0.39 is 10.0 Å². The van der Waals surface area contributed by atoms with Gasteiger partial charge in [-0.3, -0.25) is 9.89 Å². The van der Waals surface area contributed by atoms with Crippen LogP contribution in [0.2, 0.25) is 0 Å². The first-order valence-electron chi connectivity index (χ1n) is 11.2. The molecule has 1 saturated heterocycles. The van der Waals surface area contributed by atoms with E-state index in [1.54, 1.807) is 14.0 Å². The molecule has 1 heterocycles. The summed E-state index contributed by atoms with van der Waals surface area (Å²) in [6, 6.07) is 0.421. The van der Waals surface area contributed by atoms with Crippen LogP contribution in [0.4, 0.5) is 0 Å². The van der Waals surface area contributed by atoms with Gasteiger partial charge in [0, 0.05) is 45.8 Å². The van der Waals surface area contributed by atoms with E-state index in [1.807, 2.05) is 0 Å². The molecule has 1 aliphatic heterocycles. The summed E-state index contributed by atoms with van der Waals surface area (Å²) in [5.74, 6) is 1.56. The predicted octanol–water partition coefficient (Wildman–Crippen LogP) is 1.35. The van der Waals surface area contributed by atoms with Crippen LogP contribution >= 0.6 is 0 Å². The number of guanidine groups is 1. The van der Waals surface area contributed by atoms with Gasteiger partial charge in [-0.05, 0) is 26.2 Å². The van der Waals surface area contributed by atoms with E-state index in [-0.39, 0.29) is 5.75 Å². The van der Waals surface area contributed by atoms with Crippen molar-refractivity contribution in [1.29, 1.82) is 0 Å². The number of rotatable bonds is 13. The van der Waals surface area contributed by atoms with Crippen molar-refractivity contribution in [3.63, 3.8) is 0 Å². The highest BCUT2D eigenvalue weighted by Gasteiger charge is 2.26. The number of aliphatic imine (C=N–C) groups is 1. The average molecular weight is 434 g/mol. The Hall–Kier alpha value is -0.900. The van der Waals surface area contributed by atoms with Crippen LogP contribution in [-0.2, 0) is 14.8 Å². The third-order valence-corrected chi connectivity index (χ3v) is 7.53. The van der Waals surface area contributed by atoms with Crippen LogP contribution in [0, 0.1) is 5.92 Å². The second-order valence-electron chi connectivity index (χ2n) is 7.51. The normalized spacial score (nSPS) is 17.7. The van der Waals surface area contributed by atoms with Crippen molar-refractivity contribution < 1.29 is 13.2 Å². The second kappa shape index (κ2) is 14.2. The lowest BCUT2D eigenvalue weighted by Gasteiger charge is -2.38. The summed E-state index contributed by atoms with van der Waals surface area (Å²) in [6.45, 7) is 14.5. The molecule has 2 N–H and O–H groups in total. The summed E-state index contributed by atoms with van der Waals surface area (Å²) >= 11 is 0. The van der Waals surface area contributed by atoms with Crippen molar-refractivity contribution >= 4 is 16.0 Å². The van der Waals surface area contributed by atoms with Crippen LogP contribution < -0.4 is 10.6 Å². The maximum absolute atomic E-state index is 11.8. The Kier molecular flexibility index (Phi) is 12.8. The number of morpholine rings is 1. The minimum Gasteiger partial charge on any atom is -0.379 e. The monoisotopic (exact) mass is 433 g/mol. The second-order valence-corrected chi connectivity index (χ2v) is 9.88. The van der Waals surface area contributed by atoms with Crippen LogP contribution in [0.15, 0.2) is 4.99 Å². The maximum atomic E-state index is 11.8. The fourth-order valence-corrected chi connectivity index (χ4v) is 4.55. The summed E-state index contributed by atoms with van der Waals surface area (Å²) in [5.41, 5.74) is 0. The van der Waals surface area contributed by atoms with Crippen LogP contribution in [-0.4, -0.2) is 94.9 Å². The minimum absolute atomic E-state index is 0.139. The van der Waals surface area contributed by atoms with E-state index in [1.165, 1.54) is 4.31 Å². The van der Waals surface area contributed by atoms with Gasteiger partial charge in [0.05, 0.1) is 25.5 Å². The first-order chi connectivity index (χ1) is 13.9. The van der Waals surface area contributed by atoms with Gasteiger partial charge in [0.15, 0.2) is 5.96 Å². The molecule has 0 bridgehead atoms. The van der Waals surface area contributed by atoms with E-state index in [9.17, 15) is 8.42 Å². The van der Waals surface area contributed by atoms with Gasteiger partial charge in [-0.25, -0.2) is 12.7 Å². The number of nitrogens with zero attached hydrogens (tertiary/aromatic N) is 3. The quantitative estimate of drug-likeness (QED) is 0.259. The van der Waals surface area contributed by atoms with Gasteiger partial charge in [0.2, 0.25) is 10.0 Å². The molecular formula is C20H43N5O3S. The van der Waals surface area contributed by atoms with Gasteiger partial charge in [0.25, 0.3) is 0 Å². The van der Waals surface area contributed by atoms with Crippen molar-refractivity contribution in [3.8, 4) is 0 Å². The Morgan fingerprint density at radius 3 is 2.34 bits per heavy atom. The maximum Gasteiger partial charge on any atom is 0.213 e. The Bertz CT molecular complexity index is 560. The smallest absolute Gasteiger partial charge is 0.213 e. The van der Waals surface area contributed by atoms with Gasteiger partial charge >= 0.3 is 0 Å². The van der Waals surface area contributed by atoms with Crippen molar-refractivity contribution in [2.75, 3.05) is 65.3 Å². The summed E-state index contributed by atoms with van der Waals surface area (Å²) in [5, 5.41) is 6.66. The van der Waals surface area contributed by atoms with Crippen molar-refractivity contribution in [2.45, 2.75) is 53.0 Å². The zero-order chi connectivity index (χ0) is 21.7. The molecule has 1 aliphatic rings. The molecule has 1 atom stereocenters. The fourth-order valence-electron chi connectivity index (χ4n) is 3.70. The van der Waals surface area contributed by atoms with Gasteiger partial charge in [-0.1, -0.05) is 26.7 Å². The number of nitrogens with one attached hydrogen (secondary N) is 2. The molecule has 0 spiro atoms. The third-order valence-electron chi connectivity index (χ3n) is 5.67. The fraction of sp³-hybridized carbons (Fsp3) is 0.950. The van der Waals surface area contributed by atoms with Gasteiger partial charge in [-0.15, -0.1) is 0 Å². The molecule has 1 rings (SSSR count). The van der Waals surface area contributed by atoms with Crippen LogP contribution in [0.5, 0.6) is 0 Å². The van der Waals surface area contributed by atoms with Crippen molar-refractivity contribution in [2.24, 2.45) is 10.9 Å². The molecule has 8 nitrogen and oxygen atoms in total. The summed E-state index contributed by atoms with van der Waals surface area (Å²) in [6.07, 6.45) is 3.03. The Labute approximate surface area is 178 Å². The van der Waals surface area contributed by atoms with E-state index in [4.69, 9.17) is 9.73 Å². The van der Waals surface area contributed by atoms with Gasteiger partial charge in [0.1, 0.15) is 0 Å². The Morgan fingerprint density at radius 1 is 1.14 bits per heavy atom. The number of hydrogen-bond donors (Lipinski definition) is 2. The zero-order valence-corrected chi connectivity index (χ0v) is 19.9. The molecule has 0 radical (unpaired) electrons. The van der Waals surface area contributed by atoms with Gasteiger partial charge < -0.3 is 15.4 Å². The molecule has 172 valence electrons. The summed E-state index contributed by atoms with van der Waals surface area (Å²) in [7, 11) is -1.47. The highest BCUT2D eigenvalue weighted by atomic mass is 32.2. The van der Waals surface area contributed by atoms with E-state index in [0.717, 1.165) is 64.6 Å². The molecule has 1 unspecified atom stereocenters. The largest absolute Gasteiger partial charge is 0.379 e. The number of sulfonamides is 1. The molecule has 0 aromatic rings. The average Bonchev–Trinajstić information content (AvgIpc) is 2.74. The molecule has 9 heteroatoms. The zero-order valence-electron chi connectivity index (χ0n) is 19.1. The molecule has 0 amide bonds. The van der Waals surface area contributed by atoms with Crippen molar-refractivity contribution in [1.82, 2.24) is 19.8 Å². The first-order valence-corrected chi connectivity index (χ1v) is 12.8. The highest BCUT2D eigenvalue weighted by Crippen LogP contribution is 2.20. The molecule has 1 fully saturated rings. The van der Waals surface area contributed by atoms with Crippen LogP contribution in [0.1, 0.15) is 47.0 Å². The highest BCUT2D eigenvalue weighted by molar-refractivity contribution is 7.89. The van der Waals surface area contributed by atoms with Gasteiger partial charge in [-0.2, -0.15) is 0 Å². The number of ether oxygens (including phenoxy) is 1. The first kappa shape index (κ1) is 26.1. The molecule has 0 saturated carbocycles. The predicted molar refractivity (Wildman–Crippen MR) is 121 cm³/mol. The molecule has 29 heavy (non-hydrogen) atoms. The van der Waals surface area contributed by atoms with Crippen LogP contribution in [0.3, 0.4) is 0 Å². The van der Waals surface area contributed by atoms with Crippen LogP contribution in [0.25, 0.3) is 0 Å². The molecule has 0 aromatic heterocycles. The summed E-state index contributed by atoms with van der Waals surface area (Å²) < 4.78 is 30.6. The lowest BCUT2D eigenvalue weighted by atomic mass is 9.92. The lowest BCUT2D eigenvalue weighted by molar-refractivity contribution is 0.00395. The minimum atomic E-state index is -3.11. The van der Waals surface area contributed by atoms with E-state index in [0.29, 0.717) is 25.0 Å². The number of hydrogen-bond acceptors (Lipinski definition) is 5. The molecular weight excluding hydrogens is 390 g/mol. The standard InChI is InChI=1S/C20H43N5O3S/c1-6-18(7-2)19(25-13-15-28-16-14-25)17-23-20(21-8-3)22-11-10-12-24(5)29(26,27)9-4/h18-19H,6-17H2,1-5H3,(H2,21,22,23). The summed E-state index contributed by atoms with van der Waals surface area (Å²) in [4.78, 5) is 7.39. The Morgan fingerprint density at radius 2 is 1.79 bits per heavy atom. The third kappa shape index (κ3) is 9.19.